The van der Waals surface area contributed by atoms with Crippen molar-refractivity contribution in [2.75, 3.05) is 26.2 Å². The van der Waals surface area contributed by atoms with Gasteiger partial charge in [-0.1, -0.05) is 18.9 Å². The van der Waals surface area contributed by atoms with Crippen LogP contribution in [0.3, 0.4) is 0 Å². The van der Waals surface area contributed by atoms with Crippen LogP contribution in [0.5, 0.6) is 0 Å². The zero-order valence-corrected chi connectivity index (χ0v) is 10.9. The van der Waals surface area contributed by atoms with Crippen LogP contribution in [-0.2, 0) is 4.74 Å². The standard InChI is InChI=1S/C15H22N2O/c1-2-5-13(4-1)11-17-8-9-18-15(12-17)14-6-3-7-16-10-14/h3,6-7,10,13,15H,1-2,4-5,8-9,11-12H2. The summed E-state index contributed by atoms with van der Waals surface area (Å²) in [5, 5.41) is 0. The Kier molecular flexibility index (Phi) is 3.91. The Morgan fingerprint density at radius 1 is 1.33 bits per heavy atom. The van der Waals surface area contributed by atoms with Gasteiger partial charge in [0, 0.05) is 37.6 Å². The number of ether oxygens (including phenoxy) is 1. The fourth-order valence-electron chi connectivity index (χ4n) is 3.19. The lowest BCUT2D eigenvalue weighted by atomic mass is 10.1. The van der Waals surface area contributed by atoms with Gasteiger partial charge < -0.3 is 4.74 Å². The minimum atomic E-state index is 0.217. The summed E-state index contributed by atoms with van der Waals surface area (Å²) in [6.07, 6.45) is 9.69. The lowest BCUT2D eigenvalue weighted by Gasteiger charge is -2.34. The lowest BCUT2D eigenvalue weighted by molar-refractivity contribution is -0.0344. The van der Waals surface area contributed by atoms with Crippen molar-refractivity contribution in [3.8, 4) is 0 Å². The van der Waals surface area contributed by atoms with Crippen molar-refractivity contribution < 1.29 is 4.74 Å². The molecule has 3 rings (SSSR count). The Morgan fingerprint density at radius 3 is 3.00 bits per heavy atom. The molecule has 0 aromatic carbocycles. The SMILES string of the molecule is c1cncc(C2CN(CC3CCCC3)CCO2)c1. The molecule has 1 unspecified atom stereocenters. The Labute approximate surface area is 109 Å². The van der Waals surface area contributed by atoms with Crippen LogP contribution < -0.4 is 0 Å². The van der Waals surface area contributed by atoms with E-state index in [0.29, 0.717) is 0 Å². The summed E-state index contributed by atoms with van der Waals surface area (Å²) in [6, 6.07) is 4.12. The first-order valence-corrected chi connectivity index (χ1v) is 7.16. The summed E-state index contributed by atoms with van der Waals surface area (Å²) in [6.45, 7) is 4.24. The monoisotopic (exact) mass is 246 g/mol. The molecule has 2 fully saturated rings. The molecule has 0 bridgehead atoms. The van der Waals surface area contributed by atoms with Gasteiger partial charge in [0.2, 0.25) is 0 Å². The largest absolute Gasteiger partial charge is 0.371 e. The molecule has 0 spiro atoms. The predicted molar refractivity (Wildman–Crippen MR) is 71.3 cm³/mol. The highest BCUT2D eigenvalue weighted by Gasteiger charge is 2.25. The van der Waals surface area contributed by atoms with Crippen molar-refractivity contribution in [3.63, 3.8) is 0 Å². The molecule has 1 aromatic heterocycles. The first-order valence-electron chi connectivity index (χ1n) is 7.16. The van der Waals surface area contributed by atoms with E-state index in [2.05, 4.69) is 16.0 Å². The third kappa shape index (κ3) is 2.90. The third-order valence-electron chi connectivity index (χ3n) is 4.20. The predicted octanol–water partition coefficient (Wildman–Crippen LogP) is 2.65. The first kappa shape index (κ1) is 12.1. The van der Waals surface area contributed by atoms with Crippen LogP contribution in [0.25, 0.3) is 0 Å². The van der Waals surface area contributed by atoms with Crippen molar-refractivity contribution in [2.45, 2.75) is 31.8 Å². The number of aromatic nitrogens is 1. The minimum absolute atomic E-state index is 0.217. The van der Waals surface area contributed by atoms with Gasteiger partial charge in [-0.15, -0.1) is 0 Å². The van der Waals surface area contributed by atoms with Crippen LogP contribution in [0.15, 0.2) is 24.5 Å². The Bertz CT molecular complexity index is 362. The zero-order chi connectivity index (χ0) is 12.2. The average molecular weight is 246 g/mol. The van der Waals surface area contributed by atoms with Crippen molar-refractivity contribution in [3.05, 3.63) is 30.1 Å². The van der Waals surface area contributed by atoms with Crippen LogP contribution in [0, 0.1) is 5.92 Å². The number of hydrogen-bond acceptors (Lipinski definition) is 3. The molecule has 2 aliphatic rings. The molecule has 1 saturated carbocycles. The topological polar surface area (TPSA) is 25.4 Å². The molecule has 98 valence electrons. The zero-order valence-electron chi connectivity index (χ0n) is 10.9. The lowest BCUT2D eigenvalue weighted by Crippen LogP contribution is -2.40. The van der Waals surface area contributed by atoms with E-state index in [1.54, 1.807) is 0 Å². The van der Waals surface area contributed by atoms with E-state index < -0.39 is 0 Å². The van der Waals surface area contributed by atoms with Crippen molar-refractivity contribution in [1.82, 2.24) is 9.88 Å². The highest BCUT2D eigenvalue weighted by atomic mass is 16.5. The van der Waals surface area contributed by atoms with Gasteiger partial charge in [0.05, 0.1) is 12.7 Å². The van der Waals surface area contributed by atoms with Crippen LogP contribution in [0.2, 0.25) is 0 Å². The molecule has 0 amide bonds. The van der Waals surface area contributed by atoms with E-state index in [0.717, 1.165) is 25.6 Å². The summed E-state index contributed by atoms with van der Waals surface area (Å²) in [5.74, 6) is 0.928. The molecule has 2 heterocycles. The summed E-state index contributed by atoms with van der Waals surface area (Å²) < 4.78 is 5.88. The van der Waals surface area contributed by atoms with Gasteiger partial charge in [-0.05, 0) is 24.8 Å². The quantitative estimate of drug-likeness (QED) is 0.820. The highest BCUT2D eigenvalue weighted by Crippen LogP contribution is 2.28. The molecule has 0 radical (unpaired) electrons. The Morgan fingerprint density at radius 2 is 2.22 bits per heavy atom. The Balaban J connectivity index is 1.58. The number of morpholine rings is 1. The van der Waals surface area contributed by atoms with Crippen molar-refractivity contribution >= 4 is 0 Å². The minimum Gasteiger partial charge on any atom is -0.371 e. The van der Waals surface area contributed by atoms with Crippen LogP contribution in [0.1, 0.15) is 37.4 Å². The Hall–Kier alpha value is -0.930. The summed E-state index contributed by atoms with van der Waals surface area (Å²) in [4.78, 5) is 6.77. The number of pyridine rings is 1. The maximum Gasteiger partial charge on any atom is 0.0967 e. The molecule has 1 saturated heterocycles. The van der Waals surface area contributed by atoms with E-state index in [1.807, 2.05) is 18.5 Å². The fraction of sp³-hybridized carbons (Fsp3) is 0.667. The number of rotatable bonds is 3. The molecular weight excluding hydrogens is 224 g/mol. The number of nitrogens with zero attached hydrogens (tertiary/aromatic N) is 2. The second-order valence-electron chi connectivity index (χ2n) is 5.56. The van der Waals surface area contributed by atoms with Gasteiger partial charge in [-0.25, -0.2) is 0 Å². The third-order valence-corrected chi connectivity index (χ3v) is 4.20. The molecular formula is C15H22N2O. The maximum atomic E-state index is 5.88. The molecule has 1 aliphatic heterocycles. The van der Waals surface area contributed by atoms with Gasteiger partial charge in [0.1, 0.15) is 0 Å². The molecule has 3 nitrogen and oxygen atoms in total. The van der Waals surface area contributed by atoms with E-state index in [1.165, 1.54) is 37.8 Å². The van der Waals surface area contributed by atoms with Gasteiger partial charge in [0.15, 0.2) is 0 Å². The van der Waals surface area contributed by atoms with E-state index in [9.17, 15) is 0 Å². The van der Waals surface area contributed by atoms with Gasteiger partial charge in [-0.2, -0.15) is 0 Å². The second-order valence-corrected chi connectivity index (χ2v) is 5.56. The van der Waals surface area contributed by atoms with E-state index >= 15 is 0 Å². The highest BCUT2D eigenvalue weighted by molar-refractivity contribution is 5.13. The van der Waals surface area contributed by atoms with Crippen LogP contribution in [-0.4, -0.2) is 36.1 Å². The van der Waals surface area contributed by atoms with Crippen molar-refractivity contribution in [2.24, 2.45) is 5.92 Å². The molecule has 18 heavy (non-hydrogen) atoms. The molecule has 1 aliphatic carbocycles. The summed E-state index contributed by atoms with van der Waals surface area (Å²) in [7, 11) is 0. The first-order chi connectivity index (χ1) is 8.92. The fourth-order valence-corrected chi connectivity index (χ4v) is 3.19. The molecule has 1 aromatic rings. The van der Waals surface area contributed by atoms with Gasteiger partial charge >= 0.3 is 0 Å². The van der Waals surface area contributed by atoms with Gasteiger partial charge in [-0.3, -0.25) is 9.88 Å². The smallest absolute Gasteiger partial charge is 0.0967 e. The van der Waals surface area contributed by atoms with Crippen molar-refractivity contribution in [1.29, 1.82) is 0 Å². The maximum absolute atomic E-state index is 5.88. The summed E-state index contributed by atoms with van der Waals surface area (Å²) >= 11 is 0. The second kappa shape index (κ2) is 5.81. The molecule has 3 heteroatoms. The van der Waals surface area contributed by atoms with Gasteiger partial charge in [0.25, 0.3) is 0 Å². The number of hydrogen-bond donors (Lipinski definition) is 0. The molecule has 1 atom stereocenters. The van der Waals surface area contributed by atoms with E-state index in [4.69, 9.17) is 4.74 Å². The van der Waals surface area contributed by atoms with Crippen LogP contribution in [0.4, 0.5) is 0 Å². The van der Waals surface area contributed by atoms with E-state index in [-0.39, 0.29) is 6.10 Å². The summed E-state index contributed by atoms with van der Waals surface area (Å²) in [5.41, 5.74) is 1.22. The molecule has 0 N–H and O–H groups in total. The average Bonchev–Trinajstić information content (AvgIpc) is 2.93. The normalized spacial score (nSPS) is 26.6. The van der Waals surface area contributed by atoms with Crippen LogP contribution >= 0.6 is 0 Å².